The number of carbonyl (C=O) groups is 2. The molecule has 0 saturated carbocycles. The molecule has 4 rings (SSSR count). The maximum Gasteiger partial charge on any atom is 0.253 e. The lowest BCUT2D eigenvalue weighted by Gasteiger charge is -2.36. The van der Waals surface area contributed by atoms with Gasteiger partial charge in [0.2, 0.25) is 5.91 Å². The van der Waals surface area contributed by atoms with Crippen molar-refractivity contribution in [2.75, 3.05) is 33.3 Å². The zero-order valence-electron chi connectivity index (χ0n) is 17.4. The molecule has 0 aliphatic carbocycles. The molecule has 1 unspecified atom stereocenters. The topological polar surface area (TPSA) is 49.9 Å². The van der Waals surface area contributed by atoms with Crippen LogP contribution in [-0.2, 0) is 4.79 Å². The van der Waals surface area contributed by atoms with E-state index in [0.29, 0.717) is 31.7 Å². The predicted molar refractivity (Wildman–Crippen MR) is 118 cm³/mol. The maximum atomic E-state index is 13.1. The molecule has 0 bridgehead atoms. The second kappa shape index (κ2) is 8.57. The number of hydrogen-bond acceptors (Lipinski definition) is 3. The van der Waals surface area contributed by atoms with Crippen molar-refractivity contribution in [2.45, 2.75) is 12.8 Å². The molecule has 0 aromatic heterocycles. The van der Waals surface area contributed by atoms with Crippen molar-refractivity contribution < 1.29 is 14.3 Å². The first-order valence-electron chi connectivity index (χ1n) is 10.3. The van der Waals surface area contributed by atoms with E-state index in [1.807, 2.05) is 77.4 Å². The Hall–Kier alpha value is -3.34. The van der Waals surface area contributed by atoms with E-state index in [1.165, 1.54) is 0 Å². The summed E-state index contributed by atoms with van der Waals surface area (Å²) in [5.74, 6) is 0.727. The van der Waals surface area contributed by atoms with Crippen LogP contribution >= 0.6 is 0 Å². The van der Waals surface area contributed by atoms with Crippen LogP contribution in [0.3, 0.4) is 0 Å². The molecule has 5 heteroatoms. The average Bonchev–Trinajstić information content (AvgIpc) is 2.82. The minimum Gasteiger partial charge on any atom is -0.497 e. The van der Waals surface area contributed by atoms with E-state index >= 15 is 0 Å². The van der Waals surface area contributed by atoms with Crippen LogP contribution in [0.15, 0.2) is 66.7 Å². The Kier molecular flexibility index (Phi) is 5.70. The lowest BCUT2D eigenvalue weighted by atomic mass is 9.96. The molecule has 0 spiro atoms. The Bertz CT molecular complexity index is 1060. The lowest BCUT2D eigenvalue weighted by Crippen LogP contribution is -2.51. The van der Waals surface area contributed by atoms with Crippen LogP contribution < -0.4 is 4.74 Å². The van der Waals surface area contributed by atoms with Gasteiger partial charge in [-0.1, -0.05) is 42.5 Å². The van der Waals surface area contributed by atoms with Gasteiger partial charge in [0.15, 0.2) is 0 Å². The second-order valence-corrected chi connectivity index (χ2v) is 7.68. The summed E-state index contributed by atoms with van der Waals surface area (Å²) in [5, 5.41) is 2.18. The number of rotatable bonds is 4. The predicted octanol–water partition coefficient (Wildman–Crippen LogP) is 3.94. The molecule has 2 amide bonds. The van der Waals surface area contributed by atoms with Crippen LogP contribution in [0.1, 0.15) is 28.8 Å². The van der Waals surface area contributed by atoms with Crippen molar-refractivity contribution in [3.05, 3.63) is 77.9 Å². The summed E-state index contributed by atoms with van der Waals surface area (Å²) in [6, 6.07) is 21.4. The number of fused-ring (bicyclic) bond motifs is 1. The fraction of sp³-hybridized carbons (Fsp3) is 0.280. The first-order chi connectivity index (χ1) is 14.6. The molecule has 5 nitrogen and oxygen atoms in total. The highest BCUT2D eigenvalue weighted by Crippen LogP contribution is 2.26. The molecule has 0 radical (unpaired) electrons. The van der Waals surface area contributed by atoms with Crippen LogP contribution in [0.25, 0.3) is 10.8 Å². The van der Waals surface area contributed by atoms with E-state index in [9.17, 15) is 9.59 Å². The molecule has 3 aromatic rings. The number of amides is 2. The normalized spacial score (nSPS) is 15.1. The number of methoxy groups -OCH3 is 1. The molecular formula is C25H26N2O3. The molecule has 1 aliphatic heterocycles. The highest BCUT2D eigenvalue weighted by molar-refractivity contribution is 5.94. The molecule has 1 heterocycles. The zero-order chi connectivity index (χ0) is 21.1. The van der Waals surface area contributed by atoms with Crippen LogP contribution in [-0.4, -0.2) is 54.9 Å². The fourth-order valence-electron chi connectivity index (χ4n) is 3.95. The van der Waals surface area contributed by atoms with Gasteiger partial charge < -0.3 is 14.5 Å². The summed E-state index contributed by atoms with van der Waals surface area (Å²) in [6.07, 6.45) is 0. The van der Waals surface area contributed by atoms with Crippen LogP contribution in [0.4, 0.5) is 0 Å². The van der Waals surface area contributed by atoms with Crippen LogP contribution in [0.5, 0.6) is 5.75 Å². The van der Waals surface area contributed by atoms with Crippen molar-refractivity contribution >= 4 is 22.6 Å². The third kappa shape index (κ3) is 4.01. The second-order valence-electron chi connectivity index (χ2n) is 7.68. The van der Waals surface area contributed by atoms with Gasteiger partial charge in [-0.2, -0.15) is 0 Å². The Labute approximate surface area is 176 Å². The van der Waals surface area contributed by atoms with Gasteiger partial charge in [0.25, 0.3) is 5.91 Å². The number of nitrogens with zero attached hydrogens (tertiary/aromatic N) is 2. The summed E-state index contributed by atoms with van der Waals surface area (Å²) >= 11 is 0. The van der Waals surface area contributed by atoms with Crippen molar-refractivity contribution in [1.29, 1.82) is 0 Å². The Morgan fingerprint density at radius 2 is 1.47 bits per heavy atom. The number of ether oxygens (including phenoxy) is 1. The van der Waals surface area contributed by atoms with Gasteiger partial charge in [0.1, 0.15) is 5.75 Å². The number of piperazine rings is 1. The highest BCUT2D eigenvalue weighted by atomic mass is 16.5. The molecule has 0 N–H and O–H groups in total. The van der Waals surface area contributed by atoms with Gasteiger partial charge in [0, 0.05) is 31.7 Å². The summed E-state index contributed by atoms with van der Waals surface area (Å²) in [5.41, 5.74) is 1.69. The van der Waals surface area contributed by atoms with Crippen molar-refractivity contribution in [3.63, 3.8) is 0 Å². The number of hydrogen-bond donors (Lipinski definition) is 0. The van der Waals surface area contributed by atoms with Crippen molar-refractivity contribution in [2.24, 2.45) is 0 Å². The molecule has 1 saturated heterocycles. The first kappa shape index (κ1) is 20.0. The number of benzene rings is 3. The Balaban J connectivity index is 1.41. The van der Waals surface area contributed by atoms with Crippen LogP contribution in [0.2, 0.25) is 0 Å². The highest BCUT2D eigenvalue weighted by Gasteiger charge is 2.28. The quantitative estimate of drug-likeness (QED) is 0.664. The maximum absolute atomic E-state index is 13.1. The van der Waals surface area contributed by atoms with E-state index in [1.54, 1.807) is 7.11 Å². The SMILES string of the molecule is COc1ccc2cc(C(C)C(=O)N3CCN(C(=O)c4ccccc4)CC3)ccc2c1. The number of carbonyl (C=O) groups excluding carboxylic acids is 2. The molecule has 3 aromatic carbocycles. The minimum atomic E-state index is -0.229. The fourth-order valence-corrected chi connectivity index (χ4v) is 3.95. The van der Waals surface area contributed by atoms with E-state index in [4.69, 9.17) is 4.74 Å². The lowest BCUT2D eigenvalue weighted by molar-refractivity contribution is -0.133. The van der Waals surface area contributed by atoms with E-state index in [2.05, 4.69) is 6.07 Å². The Morgan fingerprint density at radius 3 is 2.17 bits per heavy atom. The van der Waals surface area contributed by atoms with Gasteiger partial charge >= 0.3 is 0 Å². The third-order valence-corrected chi connectivity index (χ3v) is 5.84. The largest absolute Gasteiger partial charge is 0.497 e. The zero-order valence-corrected chi connectivity index (χ0v) is 17.4. The molecule has 1 atom stereocenters. The molecule has 30 heavy (non-hydrogen) atoms. The summed E-state index contributed by atoms with van der Waals surface area (Å²) in [4.78, 5) is 29.4. The molecular weight excluding hydrogens is 376 g/mol. The molecule has 1 aliphatic rings. The van der Waals surface area contributed by atoms with Crippen molar-refractivity contribution in [3.8, 4) is 5.75 Å². The van der Waals surface area contributed by atoms with E-state index in [-0.39, 0.29) is 17.7 Å². The monoisotopic (exact) mass is 402 g/mol. The summed E-state index contributed by atoms with van der Waals surface area (Å²) in [7, 11) is 1.66. The van der Waals surface area contributed by atoms with Gasteiger partial charge in [-0.3, -0.25) is 9.59 Å². The molecule has 154 valence electrons. The first-order valence-corrected chi connectivity index (χ1v) is 10.3. The van der Waals surface area contributed by atoms with Crippen LogP contribution in [0, 0.1) is 0 Å². The smallest absolute Gasteiger partial charge is 0.253 e. The molecule has 1 fully saturated rings. The summed E-state index contributed by atoms with van der Waals surface area (Å²) < 4.78 is 5.28. The average molecular weight is 402 g/mol. The van der Waals surface area contributed by atoms with Gasteiger partial charge in [-0.25, -0.2) is 0 Å². The third-order valence-electron chi connectivity index (χ3n) is 5.84. The Morgan fingerprint density at radius 1 is 0.833 bits per heavy atom. The van der Waals surface area contributed by atoms with E-state index < -0.39 is 0 Å². The summed E-state index contributed by atoms with van der Waals surface area (Å²) in [6.45, 7) is 4.20. The van der Waals surface area contributed by atoms with Gasteiger partial charge in [-0.05, 0) is 47.5 Å². The van der Waals surface area contributed by atoms with E-state index in [0.717, 1.165) is 22.1 Å². The van der Waals surface area contributed by atoms with Gasteiger partial charge in [0.05, 0.1) is 13.0 Å². The van der Waals surface area contributed by atoms with Crippen molar-refractivity contribution in [1.82, 2.24) is 9.80 Å². The van der Waals surface area contributed by atoms with Gasteiger partial charge in [-0.15, -0.1) is 0 Å². The minimum absolute atomic E-state index is 0.0284. The standard InChI is InChI=1S/C25H26N2O3/c1-18(20-8-9-22-17-23(30-2)11-10-21(22)16-20)24(28)26-12-14-27(15-13-26)25(29)19-6-4-3-5-7-19/h3-11,16-18H,12-15H2,1-2H3.